The molecule has 1 aromatic rings. The van der Waals surface area contributed by atoms with E-state index in [1.165, 1.54) is 11.0 Å². The van der Waals surface area contributed by atoms with Crippen molar-refractivity contribution in [2.75, 3.05) is 24.2 Å². The molecule has 1 fully saturated rings. The van der Waals surface area contributed by atoms with E-state index in [9.17, 15) is 23.1 Å². The van der Waals surface area contributed by atoms with Gasteiger partial charge in [-0.1, -0.05) is 0 Å². The number of benzene rings is 1. The molecule has 2 heterocycles. The topological polar surface area (TPSA) is 113 Å². The fourth-order valence-electron chi connectivity index (χ4n) is 4.45. The van der Waals surface area contributed by atoms with Crippen LogP contribution in [-0.4, -0.2) is 73.8 Å². The Bertz CT molecular complexity index is 995. The number of rotatable bonds is 5. The summed E-state index contributed by atoms with van der Waals surface area (Å²) in [7, 11) is -3.37. The van der Waals surface area contributed by atoms with Gasteiger partial charge in [0.1, 0.15) is 5.60 Å². The zero-order valence-electron chi connectivity index (χ0n) is 19.9. The molecular weight excluding hydrogens is 448 g/mol. The first-order valence-corrected chi connectivity index (χ1v) is 13.1. The lowest BCUT2D eigenvalue weighted by Crippen LogP contribution is -2.44. The van der Waals surface area contributed by atoms with Crippen LogP contribution in [0.4, 0.5) is 15.3 Å². The number of likely N-dealkylation sites (tertiary alicyclic amines) is 1. The van der Waals surface area contributed by atoms with Crippen molar-refractivity contribution in [1.82, 2.24) is 4.90 Å². The highest BCUT2D eigenvalue weighted by Gasteiger charge is 2.36. The summed E-state index contributed by atoms with van der Waals surface area (Å²) >= 11 is 0. The van der Waals surface area contributed by atoms with Crippen molar-refractivity contribution >= 4 is 27.7 Å². The van der Waals surface area contributed by atoms with Gasteiger partial charge < -0.3 is 19.5 Å². The second-order valence-electron chi connectivity index (χ2n) is 9.92. The number of carbonyl (C=O) groups excluding carboxylic acids is 1. The highest BCUT2D eigenvalue weighted by atomic mass is 32.2. The maximum atomic E-state index is 12.2. The van der Waals surface area contributed by atoms with Crippen LogP contribution in [0, 0.1) is 0 Å². The molecular formula is C23H34N2O7S. The molecule has 2 aliphatic heterocycles. The molecule has 10 heteroatoms. The van der Waals surface area contributed by atoms with Crippen LogP contribution in [0.5, 0.6) is 0 Å². The quantitative estimate of drug-likeness (QED) is 0.681. The highest BCUT2D eigenvalue weighted by molar-refractivity contribution is 7.90. The number of fused-ring (bicyclic) bond motifs is 1. The van der Waals surface area contributed by atoms with Gasteiger partial charge in [-0.25, -0.2) is 18.0 Å². The molecule has 2 amide bonds. The standard InChI is InChI=1S/C23H34N2O7S/c1-15(31-18-8-10-24(11-9-18)22(28)32-23(2,3)4)12-17-13-16-14-19(33(5,29)30)6-7-20(16)25(17)21(26)27/h6-7,14-15,17-18H,8-13H2,1-5H3,(H,26,27). The van der Waals surface area contributed by atoms with Gasteiger partial charge in [0.05, 0.1) is 22.8 Å². The highest BCUT2D eigenvalue weighted by Crippen LogP contribution is 2.36. The minimum Gasteiger partial charge on any atom is -0.465 e. The Labute approximate surface area is 195 Å². The van der Waals surface area contributed by atoms with Crippen LogP contribution in [0.15, 0.2) is 23.1 Å². The lowest BCUT2D eigenvalue weighted by Gasteiger charge is -2.35. The minimum atomic E-state index is -3.37. The molecule has 1 N–H and O–H groups in total. The van der Waals surface area contributed by atoms with E-state index in [0.717, 1.165) is 6.26 Å². The van der Waals surface area contributed by atoms with E-state index in [1.807, 2.05) is 27.7 Å². The molecule has 0 radical (unpaired) electrons. The average molecular weight is 483 g/mol. The van der Waals surface area contributed by atoms with Gasteiger partial charge in [0.25, 0.3) is 0 Å². The van der Waals surface area contributed by atoms with Crippen LogP contribution in [0.2, 0.25) is 0 Å². The number of hydrogen-bond donors (Lipinski definition) is 1. The summed E-state index contributed by atoms with van der Waals surface area (Å²) in [5.74, 6) is 0. The minimum absolute atomic E-state index is 0.0161. The third-order valence-electron chi connectivity index (χ3n) is 5.89. The van der Waals surface area contributed by atoms with Crippen LogP contribution in [0.1, 0.15) is 52.5 Å². The lowest BCUT2D eigenvalue weighted by molar-refractivity contribution is -0.0436. The fourth-order valence-corrected chi connectivity index (χ4v) is 5.12. The van der Waals surface area contributed by atoms with E-state index >= 15 is 0 Å². The summed E-state index contributed by atoms with van der Waals surface area (Å²) in [6.45, 7) is 8.54. The number of piperidine rings is 1. The normalized spacial score (nSPS) is 20.5. The number of hydrogen-bond acceptors (Lipinski definition) is 6. The number of carboxylic acid groups (broad SMARTS) is 1. The van der Waals surface area contributed by atoms with Crippen molar-refractivity contribution in [1.29, 1.82) is 0 Å². The second kappa shape index (κ2) is 9.50. The predicted octanol–water partition coefficient (Wildman–Crippen LogP) is 3.69. The largest absolute Gasteiger partial charge is 0.465 e. The van der Waals surface area contributed by atoms with E-state index in [-0.39, 0.29) is 29.2 Å². The molecule has 0 bridgehead atoms. The van der Waals surface area contributed by atoms with Crippen LogP contribution in [-0.2, 0) is 25.7 Å². The maximum absolute atomic E-state index is 12.2. The number of amides is 2. The number of anilines is 1. The van der Waals surface area contributed by atoms with E-state index in [1.54, 1.807) is 17.0 Å². The second-order valence-corrected chi connectivity index (χ2v) is 11.9. The van der Waals surface area contributed by atoms with Crippen molar-refractivity contribution < 1.29 is 32.6 Å². The zero-order chi connectivity index (χ0) is 24.6. The third kappa shape index (κ3) is 6.38. The van der Waals surface area contributed by atoms with Crippen LogP contribution < -0.4 is 4.90 Å². The van der Waals surface area contributed by atoms with Crippen LogP contribution in [0.25, 0.3) is 0 Å². The Morgan fingerprint density at radius 1 is 1.21 bits per heavy atom. The summed E-state index contributed by atoms with van der Waals surface area (Å²) in [4.78, 5) is 27.4. The molecule has 3 rings (SSSR count). The van der Waals surface area contributed by atoms with Gasteiger partial charge in [-0.2, -0.15) is 0 Å². The summed E-state index contributed by atoms with van der Waals surface area (Å²) in [6.07, 6.45) is 1.85. The Morgan fingerprint density at radius 2 is 1.85 bits per heavy atom. The molecule has 2 aliphatic rings. The molecule has 0 spiro atoms. The van der Waals surface area contributed by atoms with E-state index in [4.69, 9.17) is 9.47 Å². The Balaban J connectivity index is 1.57. The number of sulfone groups is 1. The van der Waals surface area contributed by atoms with Crippen LogP contribution in [0.3, 0.4) is 0 Å². The molecule has 1 saturated heterocycles. The first kappa shape index (κ1) is 25.3. The summed E-state index contributed by atoms with van der Waals surface area (Å²) in [6, 6.07) is 4.25. The maximum Gasteiger partial charge on any atom is 0.412 e. The van der Waals surface area contributed by atoms with E-state index < -0.39 is 21.5 Å². The number of nitrogens with zero attached hydrogens (tertiary/aromatic N) is 2. The predicted molar refractivity (Wildman–Crippen MR) is 124 cm³/mol. The molecule has 0 aromatic heterocycles. The molecule has 184 valence electrons. The Kier molecular flexibility index (Phi) is 7.28. The Morgan fingerprint density at radius 3 is 2.39 bits per heavy atom. The van der Waals surface area contributed by atoms with Crippen molar-refractivity contribution in [2.45, 2.75) is 82.1 Å². The fraction of sp³-hybridized carbons (Fsp3) is 0.652. The first-order valence-electron chi connectivity index (χ1n) is 11.2. The zero-order valence-corrected chi connectivity index (χ0v) is 20.7. The Hall–Kier alpha value is -2.33. The van der Waals surface area contributed by atoms with Gasteiger partial charge in [0.15, 0.2) is 9.84 Å². The molecule has 9 nitrogen and oxygen atoms in total. The molecule has 1 aromatic carbocycles. The molecule has 2 unspecified atom stereocenters. The van der Waals surface area contributed by atoms with Crippen molar-refractivity contribution in [3.05, 3.63) is 23.8 Å². The molecule has 2 atom stereocenters. The summed E-state index contributed by atoms with van der Waals surface area (Å²) in [5, 5.41) is 9.77. The third-order valence-corrected chi connectivity index (χ3v) is 7.00. The average Bonchev–Trinajstić information content (AvgIpc) is 3.03. The van der Waals surface area contributed by atoms with Crippen molar-refractivity contribution in [3.8, 4) is 0 Å². The molecule has 33 heavy (non-hydrogen) atoms. The van der Waals surface area contributed by atoms with Gasteiger partial charge in [-0.15, -0.1) is 0 Å². The molecule has 0 saturated carbocycles. The van der Waals surface area contributed by atoms with Crippen LogP contribution >= 0.6 is 0 Å². The van der Waals surface area contributed by atoms with Crippen molar-refractivity contribution in [2.24, 2.45) is 0 Å². The van der Waals surface area contributed by atoms with Crippen molar-refractivity contribution in [3.63, 3.8) is 0 Å². The van der Waals surface area contributed by atoms with Gasteiger partial charge >= 0.3 is 12.2 Å². The van der Waals surface area contributed by atoms with Gasteiger partial charge in [0, 0.05) is 25.4 Å². The monoisotopic (exact) mass is 482 g/mol. The number of ether oxygens (including phenoxy) is 2. The summed E-state index contributed by atoms with van der Waals surface area (Å²) < 4.78 is 35.4. The van der Waals surface area contributed by atoms with Gasteiger partial charge in [-0.05, 0) is 77.1 Å². The first-order chi connectivity index (χ1) is 15.2. The SMILES string of the molecule is CC(CC1Cc2cc(S(C)(=O)=O)ccc2N1C(=O)O)OC1CCN(C(=O)OC(C)(C)C)CC1. The molecule has 0 aliphatic carbocycles. The van der Waals surface area contributed by atoms with E-state index in [2.05, 4.69) is 0 Å². The summed E-state index contributed by atoms with van der Waals surface area (Å²) in [5.41, 5.74) is 0.705. The van der Waals surface area contributed by atoms with Gasteiger partial charge in [0.2, 0.25) is 0 Å². The number of carbonyl (C=O) groups is 2. The smallest absolute Gasteiger partial charge is 0.412 e. The van der Waals surface area contributed by atoms with E-state index in [0.29, 0.717) is 50.0 Å². The van der Waals surface area contributed by atoms with Gasteiger partial charge in [-0.3, -0.25) is 4.90 Å². The lowest BCUT2D eigenvalue weighted by atomic mass is 10.0.